The summed E-state index contributed by atoms with van der Waals surface area (Å²) in [5, 5.41) is 22.0. The molecular weight excluding hydrogens is 437 g/mol. The van der Waals surface area contributed by atoms with Gasteiger partial charge in [0.15, 0.2) is 0 Å². The summed E-state index contributed by atoms with van der Waals surface area (Å²) < 4.78 is 14.4. The molecule has 5 nitrogen and oxygen atoms in total. The molecule has 7 heteroatoms. The predicted molar refractivity (Wildman–Crippen MR) is 130 cm³/mol. The van der Waals surface area contributed by atoms with Crippen LogP contribution in [-0.4, -0.2) is 24.1 Å². The normalized spacial score (nSPS) is 12.2. The van der Waals surface area contributed by atoms with Gasteiger partial charge in [-0.15, -0.1) is 11.3 Å². The molecule has 1 amide bonds. The first-order valence-corrected chi connectivity index (χ1v) is 11.6. The number of nitrogens with two attached hydrogens (primary N) is 1. The standard InChI is InChI=1S/C26H28FN3O2S/c1-26(2,32)20-9-7-17(8-10-20)25-23(18-5-6-19(15-28)24(27)12-18)14-22(33-25)13-21(29)4-3-11-30-16-31/h5-10,12,14,16,21,32H,3-4,11,13,29H2,1-2H3,(H,30,31). The van der Waals surface area contributed by atoms with Gasteiger partial charge in [-0.2, -0.15) is 5.26 Å². The molecule has 33 heavy (non-hydrogen) atoms. The van der Waals surface area contributed by atoms with Crippen molar-refractivity contribution >= 4 is 17.7 Å². The maximum atomic E-state index is 14.4. The average molecular weight is 466 g/mol. The fraction of sp³-hybridized carbons (Fsp3) is 0.308. The number of benzene rings is 2. The minimum Gasteiger partial charge on any atom is -0.386 e. The Kier molecular flexibility index (Phi) is 7.98. The van der Waals surface area contributed by atoms with Crippen LogP contribution in [0.25, 0.3) is 21.6 Å². The van der Waals surface area contributed by atoms with Crippen molar-refractivity contribution < 1.29 is 14.3 Å². The second kappa shape index (κ2) is 10.7. The summed E-state index contributed by atoms with van der Waals surface area (Å²) in [5.74, 6) is -0.551. The molecule has 1 unspecified atom stereocenters. The smallest absolute Gasteiger partial charge is 0.207 e. The first-order chi connectivity index (χ1) is 15.7. The summed E-state index contributed by atoms with van der Waals surface area (Å²) in [5.41, 5.74) is 8.73. The molecule has 0 radical (unpaired) electrons. The molecule has 172 valence electrons. The molecule has 0 aliphatic carbocycles. The Labute approximate surface area is 197 Å². The second-order valence-electron chi connectivity index (χ2n) is 8.58. The van der Waals surface area contributed by atoms with E-state index in [0.29, 0.717) is 24.9 Å². The molecule has 0 saturated carbocycles. The predicted octanol–water partition coefficient (Wildman–Crippen LogP) is 4.72. The number of carbonyl (C=O) groups excluding carboxylic acids is 1. The summed E-state index contributed by atoms with van der Waals surface area (Å²) in [6.07, 6.45) is 2.92. The lowest BCUT2D eigenvalue weighted by molar-refractivity contribution is -0.109. The van der Waals surface area contributed by atoms with Gasteiger partial charge in [0, 0.05) is 27.9 Å². The monoisotopic (exact) mass is 465 g/mol. The van der Waals surface area contributed by atoms with Crippen molar-refractivity contribution in [2.75, 3.05) is 6.54 Å². The van der Waals surface area contributed by atoms with Crippen molar-refractivity contribution in [3.05, 3.63) is 70.4 Å². The molecule has 0 aliphatic heterocycles. The molecule has 0 spiro atoms. The van der Waals surface area contributed by atoms with E-state index in [4.69, 9.17) is 11.0 Å². The molecule has 4 N–H and O–H groups in total. The number of nitrogens with zero attached hydrogens (tertiary/aromatic N) is 1. The maximum Gasteiger partial charge on any atom is 0.207 e. The number of hydrogen-bond acceptors (Lipinski definition) is 5. The summed E-state index contributed by atoms with van der Waals surface area (Å²) in [6, 6.07) is 16.2. The summed E-state index contributed by atoms with van der Waals surface area (Å²) in [4.78, 5) is 12.4. The molecule has 0 fully saturated rings. The van der Waals surface area contributed by atoms with E-state index in [2.05, 4.69) is 5.32 Å². The zero-order valence-electron chi connectivity index (χ0n) is 18.8. The van der Waals surface area contributed by atoms with E-state index in [1.807, 2.05) is 36.4 Å². The number of thiophene rings is 1. The minimum absolute atomic E-state index is 0.0104. The highest BCUT2D eigenvalue weighted by molar-refractivity contribution is 7.16. The summed E-state index contributed by atoms with van der Waals surface area (Å²) in [7, 11) is 0. The van der Waals surface area contributed by atoms with Crippen LogP contribution in [-0.2, 0) is 16.8 Å². The lowest BCUT2D eigenvalue weighted by Gasteiger charge is -2.18. The Morgan fingerprint density at radius 1 is 1.21 bits per heavy atom. The van der Waals surface area contributed by atoms with Gasteiger partial charge in [-0.05, 0) is 68.0 Å². The van der Waals surface area contributed by atoms with Crippen molar-refractivity contribution in [2.24, 2.45) is 5.73 Å². The molecule has 2 aromatic carbocycles. The van der Waals surface area contributed by atoms with Crippen molar-refractivity contribution in [2.45, 2.75) is 44.8 Å². The molecule has 3 aromatic rings. The second-order valence-corrected chi connectivity index (χ2v) is 9.71. The van der Waals surface area contributed by atoms with Crippen LogP contribution in [0.3, 0.4) is 0 Å². The Morgan fingerprint density at radius 3 is 2.52 bits per heavy atom. The van der Waals surface area contributed by atoms with Crippen LogP contribution in [0.4, 0.5) is 4.39 Å². The summed E-state index contributed by atoms with van der Waals surface area (Å²) >= 11 is 1.61. The number of aliphatic hydroxyl groups is 1. The van der Waals surface area contributed by atoms with Gasteiger partial charge in [0.1, 0.15) is 11.9 Å². The quantitative estimate of drug-likeness (QED) is 0.298. The zero-order chi connectivity index (χ0) is 24.0. The van der Waals surface area contributed by atoms with Crippen LogP contribution >= 0.6 is 11.3 Å². The highest BCUT2D eigenvalue weighted by Gasteiger charge is 2.19. The Hall–Kier alpha value is -3.05. The molecule has 1 aromatic heterocycles. The number of hydrogen-bond donors (Lipinski definition) is 3. The van der Waals surface area contributed by atoms with Gasteiger partial charge in [-0.1, -0.05) is 30.3 Å². The largest absolute Gasteiger partial charge is 0.386 e. The van der Waals surface area contributed by atoms with Crippen molar-refractivity contribution in [1.82, 2.24) is 5.32 Å². The number of nitriles is 1. The molecule has 1 atom stereocenters. The molecule has 0 saturated heterocycles. The highest BCUT2D eigenvalue weighted by Crippen LogP contribution is 2.41. The number of carbonyl (C=O) groups is 1. The van der Waals surface area contributed by atoms with Gasteiger partial charge in [-0.3, -0.25) is 4.79 Å². The van der Waals surface area contributed by atoms with Crippen molar-refractivity contribution in [3.8, 4) is 27.6 Å². The molecule has 1 heterocycles. The van der Waals surface area contributed by atoms with E-state index in [1.54, 1.807) is 31.3 Å². The SMILES string of the molecule is CC(C)(O)c1ccc(-c2sc(CC(N)CCCNC=O)cc2-c2ccc(C#N)c(F)c2)cc1. The third-order valence-electron chi connectivity index (χ3n) is 5.48. The van der Waals surface area contributed by atoms with E-state index < -0.39 is 11.4 Å². The Balaban J connectivity index is 1.95. The van der Waals surface area contributed by atoms with Gasteiger partial charge in [0.2, 0.25) is 6.41 Å². The van der Waals surface area contributed by atoms with Gasteiger partial charge < -0.3 is 16.2 Å². The molecule has 0 bridgehead atoms. The van der Waals surface area contributed by atoms with E-state index in [9.17, 15) is 14.3 Å². The van der Waals surface area contributed by atoms with Gasteiger partial charge >= 0.3 is 0 Å². The molecular formula is C26H28FN3O2S. The van der Waals surface area contributed by atoms with E-state index >= 15 is 0 Å². The maximum absolute atomic E-state index is 14.4. The first kappa shape index (κ1) is 24.6. The van der Waals surface area contributed by atoms with Gasteiger partial charge in [0.25, 0.3) is 0 Å². The number of halogens is 1. The first-order valence-electron chi connectivity index (χ1n) is 10.8. The van der Waals surface area contributed by atoms with Crippen LogP contribution in [0, 0.1) is 17.1 Å². The van der Waals surface area contributed by atoms with Crippen LogP contribution in [0.5, 0.6) is 0 Å². The lowest BCUT2D eigenvalue weighted by Crippen LogP contribution is -2.24. The number of nitrogens with one attached hydrogen (secondary N) is 1. The fourth-order valence-corrected chi connectivity index (χ4v) is 4.94. The van der Waals surface area contributed by atoms with E-state index in [0.717, 1.165) is 39.3 Å². The molecule has 3 rings (SSSR count). The fourth-order valence-electron chi connectivity index (χ4n) is 3.66. The minimum atomic E-state index is -0.941. The average Bonchev–Trinajstić information content (AvgIpc) is 3.20. The zero-order valence-corrected chi connectivity index (χ0v) is 19.6. The van der Waals surface area contributed by atoms with Crippen LogP contribution in [0.15, 0.2) is 48.5 Å². The summed E-state index contributed by atoms with van der Waals surface area (Å²) in [6.45, 7) is 4.07. The van der Waals surface area contributed by atoms with E-state index in [1.165, 1.54) is 12.1 Å². The van der Waals surface area contributed by atoms with Gasteiger partial charge in [0.05, 0.1) is 11.2 Å². The topological polar surface area (TPSA) is 99.1 Å². The highest BCUT2D eigenvalue weighted by atomic mass is 32.1. The third kappa shape index (κ3) is 6.26. The van der Waals surface area contributed by atoms with Crippen LogP contribution in [0.1, 0.15) is 42.7 Å². The van der Waals surface area contributed by atoms with Crippen molar-refractivity contribution in [3.63, 3.8) is 0 Å². The third-order valence-corrected chi connectivity index (χ3v) is 6.69. The van der Waals surface area contributed by atoms with Gasteiger partial charge in [-0.25, -0.2) is 4.39 Å². The Bertz CT molecular complexity index is 1140. The molecule has 0 aliphatic rings. The Morgan fingerprint density at radius 2 is 1.91 bits per heavy atom. The van der Waals surface area contributed by atoms with Crippen molar-refractivity contribution in [1.29, 1.82) is 5.26 Å². The van der Waals surface area contributed by atoms with E-state index in [-0.39, 0.29) is 11.6 Å². The van der Waals surface area contributed by atoms with Crippen LogP contribution in [0.2, 0.25) is 0 Å². The lowest BCUT2D eigenvalue weighted by atomic mass is 9.95. The van der Waals surface area contributed by atoms with Crippen LogP contribution < -0.4 is 11.1 Å². The number of amides is 1. The number of rotatable bonds is 10.